The molecule has 7 nitrogen and oxygen atoms in total. The minimum Gasteiger partial charge on any atom is -0.615 e. The Morgan fingerprint density at radius 2 is 1.76 bits per heavy atom. The highest BCUT2D eigenvalue weighted by atomic mass is 35.5. The quantitative estimate of drug-likeness (QED) is 0.368. The molecule has 2 heterocycles. The van der Waals surface area contributed by atoms with Crippen molar-refractivity contribution in [1.29, 1.82) is 0 Å². The Bertz CT molecular complexity index is 1290. The van der Waals surface area contributed by atoms with Gasteiger partial charge in [-0.05, 0) is 35.3 Å². The molecule has 1 fully saturated rings. The highest BCUT2D eigenvalue weighted by Crippen LogP contribution is 2.49. The van der Waals surface area contributed by atoms with E-state index in [4.69, 9.17) is 23.2 Å². The Morgan fingerprint density at radius 1 is 1.10 bits per heavy atom. The van der Waals surface area contributed by atoms with Gasteiger partial charge < -0.3 is 19.5 Å². The van der Waals surface area contributed by atoms with Crippen LogP contribution in [0.15, 0.2) is 42.5 Å². The zero-order valence-corrected chi connectivity index (χ0v) is 25.0. The first kappa shape index (κ1) is 31.7. The average Bonchev–Trinajstić information content (AvgIpc) is 3.18. The number of likely N-dealkylation sites (N-methyl/N-ethyl adjacent to an activating group) is 2. The highest BCUT2D eigenvalue weighted by molar-refractivity contribution is 7.92. The second kappa shape index (κ2) is 12.2. The second-order valence-electron chi connectivity index (χ2n) is 10.8. The van der Waals surface area contributed by atoms with Gasteiger partial charge in [0.15, 0.2) is 4.75 Å². The molecule has 0 aromatic heterocycles. The summed E-state index contributed by atoms with van der Waals surface area (Å²) >= 11 is 11.4. The molecular weight excluding hydrogens is 602 g/mol. The van der Waals surface area contributed by atoms with Crippen LogP contribution in [0.2, 0.25) is 10.0 Å². The smallest absolute Gasteiger partial charge is 0.407 e. The van der Waals surface area contributed by atoms with Crippen molar-refractivity contribution in [3.05, 3.63) is 69.2 Å². The number of rotatable bonds is 8. The van der Waals surface area contributed by atoms with E-state index in [9.17, 15) is 32.4 Å². The molecule has 1 spiro atoms. The molecule has 2 aromatic rings. The van der Waals surface area contributed by atoms with Crippen LogP contribution in [0.4, 0.5) is 18.0 Å². The summed E-state index contributed by atoms with van der Waals surface area (Å²) in [6.45, 7) is 1.26. The molecule has 1 unspecified atom stereocenters. The predicted octanol–water partition coefficient (Wildman–Crippen LogP) is 5.85. The summed E-state index contributed by atoms with van der Waals surface area (Å²) in [4.78, 5) is 29.0. The topological polar surface area (TPSA) is 87.2 Å². The van der Waals surface area contributed by atoms with E-state index in [1.54, 1.807) is 6.07 Å². The molecule has 2 aliphatic heterocycles. The van der Waals surface area contributed by atoms with Gasteiger partial charge in [0.1, 0.15) is 12.2 Å². The van der Waals surface area contributed by atoms with Gasteiger partial charge in [0.2, 0.25) is 5.91 Å². The lowest BCUT2D eigenvalue weighted by atomic mass is 9.83. The van der Waals surface area contributed by atoms with Crippen molar-refractivity contribution < 1.29 is 32.4 Å². The first-order valence-corrected chi connectivity index (χ1v) is 15.2. The summed E-state index contributed by atoms with van der Waals surface area (Å²) in [7, 11) is 2.56. The third-order valence-electron chi connectivity index (χ3n) is 8.40. The molecule has 0 radical (unpaired) electrons. The maximum absolute atomic E-state index is 13.2. The number of piperidine rings is 1. The normalized spacial score (nSPS) is 20.0. The van der Waals surface area contributed by atoms with E-state index in [2.05, 4.69) is 4.90 Å². The molecule has 2 atom stereocenters. The van der Waals surface area contributed by atoms with Gasteiger partial charge in [-0.2, -0.15) is 13.2 Å². The van der Waals surface area contributed by atoms with Crippen LogP contribution >= 0.6 is 23.2 Å². The Kier molecular flexibility index (Phi) is 9.45. The van der Waals surface area contributed by atoms with Crippen LogP contribution in [-0.4, -0.2) is 82.8 Å². The number of carbonyl (C=O) groups excluding carboxylic acids is 1. The second-order valence-corrected chi connectivity index (χ2v) is 13.4. The van der Waals surface area contributed by atoms with Crippen molar-refractivity contribution in [1.82, 2.24) is 14.7 Å². The number of fused-ring (bicyclic) bond motifs is 2. The number of alkyl halides is 3. The molecule has 1 saturated heterocycles. The lowest BCUT2D eigenvalue weighted by Crippen LogP contribution is -2.56. The minimum absolute atomic E-state index is 0.152. The first-order chi connectivity index (χ1) is 19.2. The van der Waals surface area contributed by atoms with Gasteiger partial charge in [0, 0.05) is 64.2 Å². The summed E-state index contributed by atoms with van der Waals surface area (Å²) in [5.74, 6) is -0.652. The Balaban J connectivity index is 1.61. The fourth-order valence-corrected chi connectivity index (χ4v) is 8.20. The fraction of sp³-hybridized carbons (Fsp3) is 0.500. The van der Waals surface area contributed by atoms with Crippen LogP contribution < -0.4 is 0 Å². The predicted molar refractivity (Wildman–Crippen MR) is 152 cm³/mol. The van der Waals surface area contributed by atoms with Gasteiger partial charge in [0.05, 0.1) is 15.6 Å². The molecule has 0 aliphatic carbocycles. The number of carbonyl (C=O) groups is 2. The summed E-state index contributed by atoms with van der Waals surface area (Å²) in [6.07, 6.45) is -6.21. The van der Waals surface area contributed by atoms with Crippen molar-refractivity contribution in [2.24, 2.45) is 0 Å². The van der Waals surface area contributed by atoms with Gasteiger partial charge in [-0.1, -0.05) is 53.5 Å². The molecule has 224 valence electrons. The Labute approximate surface area is 250 Å². The number of halogens is 5. The van der Waals surface area contributed by atoms with E-state index in [1.807, 2.05) is 24.3 Å². The van der Waals surface area contributed by atoms with Crippen LogP contribution in [-0.2, 0) is 32.0 Å². The molecular formula is C28H32Cl2F3N3O4S. The molecule has 13 heteroatoms. The van der Waals surface area contributed by atoms with Gasteiger partial charge in [-0.3, -0.25) is 9.69 Å². The van der Waals surface area contributed by atoms with Crippen molar-refractivity contribution in [2.75, 3.05) is 40.3 Å². The molecule has 1 N–H and O–H groups in total. The molecule has 2 aromatic carbocycles. The molecule has 0 saturated carbocycles. The third-order valence-corrected chi connectivity index (χ3v) is 11.2. The maximum Gasteiger partial charge on any atom is 0.407 e. The highest BCUT2D eigenvalue weighted by Gasteiger charge is 2.52. The molecule has 4 rings (SSSR count). The fourth-order valence-electron chi connectivity index (χ4n) is 6.01. The van der Waals surface area contributed by atoms with Crippen molar-refractivity contribution in [3.63, 3.8) is 0 Å². The standard InChI is InChI=1S/C28H32Cl2F3N3O4S/c1-34(24(37)16-28(31,32)33)18-26(35(2)25(38)39,20-7-8-22(29)23(30)15-20)9-12-36-13-10-27(11-14-36)21-6-4-3-5-19(21)17-41(27)40/h3-8,15H,9-14,16-18H2,1-2H3,(H,38,39)/t26?,41-/m0/s1. The van der Waals surface area contributed by atoms with E-state index < -0.39 is 46.1 Å². The Morgan fingerprint density at radius 3 is 2.37 bits per heavy atom. The SMILES string of the molecule is CN(CC(CCN1CCC2(CC1)c1ccccc1C[S@+]2[O-])(c1ccc(Cl)c(Cl)c1)N(C)C(=O)O)C(=O)CC(F)(F)F. The molecule has 41 heavy (non-hydrogen) atoms. The van der Waals surface area contributed by atoms with E-state index in [1.165, 1.54) is 26.2 Å². The maximum atomic E-state index is 13.2. The monoisotopic (exact) mass is 633 g/mol. The van der Waals surface area contributed by atoms with E-state index in [0.29, 0.717) is 43.8 Å². The molecule has 0 bridgehead atoms. The lowest BCUT2D eigenvalue weighted by molar-refractivity contribution is -0.161. The summed E-state index contributed by atoms with van der Waals surface area (Å²) < 4.78 is 51.9. The van der Waals surface area contributed by atoms with Crippen LogP contribution in [0.25, 0.3) is 0 Å². The average molecular weight is 635 g/mol. The van der Waals surface area contributed by atoms with E-state index >= 15 is 0 Å². The number of hydrogen-bond acceptors (Lipinski definition) is 4. The summed E-state index contributed by atoms with van der Waals surface area (Å²) in [5.41, 5.74) is 1.20. The first-order valence-electron chi connectivity index (χ1n) is 13.1. The van der Waals surface area contributed by atoms with Gasteiger partial charge >= 0.3 is 12.3 Å². The summed E-state index contributed by atoms with van der Waals surface area (Å²) in [5, 5.41) is 10.5. The third kappa shape index (κ3) is 6.59. The van der Waals surface area contributed by atoms with Crippen LogP contribution in [0, 0.1) is 0 Å². The number of benzene rings is 2. The van der Waals surface area contributed by atoms with Crippen LogP contribution in [0.5, 0.6) is 0 Å². The minimum atomic E-state index is -4.71. The van der Waals surface area contributed by atoms with Crippen molar-refractivity contribution in [2.45, 2.75) is 47.9 Å². The van der Waals surface area contributed by atoms with E-state index in [-0.39, 0.29) is 23.0 Å². The largest absolute Gasteiger partial charge is 0.615 e. The lowest BCUT2D eigenvalue weighted by Gasteiger charge is -2.45. The van der Waals surface area contributed by atoms with E-state index in [0.717, 1.165) is 20.9 Å². The number of carboxylic acid groups (broad SMARTS) is 1. The molecule has 2 amide bonds. The Hall–Kier alpha value is -2.18. The van der Waals surface area contributed by atoms with Gasteiger partial charge in [0.25, 0.3) is 0 Å². The number of hydrogen-bond donors (Lipinski definition) is 1. The van der Waals surface area contributed by atoms with Crippen molar-refractivity contribution in [3.8, 4) is 0 Å². The molecule has 2 aliphatic rings. The van der Waals surface area contributed by atoms with Gasteiger partial charge in [-0.15, -0.1) is 0 Å². The van der Waals surface area contributed by atoms with Crippen LogP contribution in [0.3, 0.4) is 0 Å². The number of amides is 2. The van der Waals surface area contributed by atoms with Gasteiger partial charge in [-0.25, -0.2) is 4.79 Å². The number of likely N-dealkylation sites (tertiary alicyclic amines) is 1. The van der Waals surface area contributed by atoms with Crippen molar-refractivity contribution >= 4 is 46.4 Å². The van der Waals surface area contributed by atoms with Crippen LogP contribution in [0.1, 0.15) is 42.4 Å². The number of nitrogens with zero attached hydrogens (tertiary/aromatic N) is 3. The zero-order valence-electron chi connectivity index (χ0n) is 22.7. The zero-order chi connectivity index (χ0) is 30.2. The summed E-state index contributed by atoms with van der Waals surface area (Å²) in [6, 6.07) is 12.5.